The van der Waals surface area contributed by atoms with Crippen molar-refractivity contribution in [3.8, 4) is 0 Å². The first-order valence-corrected chi connectivity index (χ1v) is 9.98. The minimum absolute atomic E-state index is 0.173. The summed E-state index contributed by atoms with van der Waals surface area (Å²) in [7, 11) is 0. The number of hydrogen-bond donors (Lipinski definition) is 6. The molecule has 1 aromatic rings. The molecule has 12 heteroatoms. The number of nitrogens with one attached hydrogen (secondary N) is 3. The molecule has 0 radical (unpaired) electrons. The summed E-state index contributed by atoms with van der Waals surface area (Å²) in [5, 5.41) is 23.9. The first-order chi connectivity index (χ1) is 13.2. The molecule has 0 aliphatic carbocycles. The number of aliphatic carboxylic acids is 1. The lowest BCUT2D eigenvalue weighted by Crippen LogP contribution is -2.55. The van der Waals surface area contributed by atoms with Crippen LogP contribution in [0.1, 0.15) is 5.56 Å². The van der Waals surface area contributed by atoms with Gasteiger partial charge in [0.15, 0.2) is 0 Å². The predicted octanol–water partition coefficient (Wildman–Crippen LogP) is -0.0372. The topological polar surface area (TPSA) is 171 Å². The maximum atomic E-state index is 12.2. The molecule has 28 heavy (non-hydrogen) atoms. The van der Waals surface area contributed by atoms with Gasteiger partial charge in [-0.05, 0) is 17.7 Å². The molecule has 1 rings (SSSR count). The maximum absolute atomic E-state index is 12.2. The largest absolute Gasteiger partial charge is 0.480 e. The smallest absolute Gasteiger partial charge is 0.404 e. The molecule has 0 heterocycles. The second-order valence-corrected chi connectivity index (χ2v) is 7.55. The van der Waals surface area contributed by atoms with Gasteiger partial charge in [-0.3, -0.25) is 14.4 Å². The van der Waals surface area contributed by atoms with Crippen LogP contribution in [0.5, 0.6) is 0 Å². The van der Waals surface area contributed by atoms with E-state index in [4.69, 9.17) is 15.9 Å². The van der Waals surface area contributed by atoms with Crippen molar-refractivity contribution < 1.29 is 29.4 Å². The van der Waals surface area contributed by atoms with Gasteiger partial charge in [0.05, 0.1) is 0 Å². The molecule has 2 atom stereocenters. The molecule has 0 aromatic heterocycles. The quantitative estimate of drug-likeness (QED) is 0.258. The van der Waals surface area contributed by atoms with Crippen LogP contribution in [0.4, 0.5) is 4.79 Å². The Hall–Kier alpha value is -2.31. The molecule has 7 N–H and O–H groups in total. The second-order valence-electron chi connectivity index (χ2n) is 5.61. The van der Waals surface area contributed by atoms with Crippen molar-refractivity contribution >= 4 is 51.6 Å². The molecule has 0 bridgehead atoms. The average Bonchev–Trinajstić information content (AvgIpc) is 2.64. The number of carbonyl (C=O) groups excluding carboxylic acids is 2. The number of amides is 3. The number of rotatable bonds is 11. The van der Waals surface area contributed by atoms with Crippen molar-refractivity contribution in [1.82, 2.24) is 16.0 Å². The first-order valence-electron chi connectivity index (χ1n) is 8.03. The summed E-state index contributed by atoms with van der Waals surface area (Å²) in [5.74, 6) is -1.88. The highest BCUT2D eigenvalue weighted by Gasteiger charge is 2.24. The summed E-state index contributed by atoms with van der Waals surface area (Å²) in [5.41, 5.74) is 6.60. The normalized spacial score (nSPS) is 12.5. The molecule has 3 amide bonds. The number of carboxylic acids is 1. The van der Waals surface area contributed by atoms with E-state index in [-0.39, 0.29) is 12.3 Å². The minimum atomic E-state index is -1.33. The molecule has 0 spiro atoms. The minimum Gasteiger partial charge on any atom is -0.480 e. The third-order valence-electron chi connectivity index (χ3n) is 3.32. The van der Waals surface area contributed by atoms with Crippen LogP contribution >= 0.6 is 27.7 Å². The van der Waals surface area contributed by atoms with Gasteiger partial charge in [0.2, 0.25) is 11.8 Å². The van der Waals surface area contributed by atoms with Crippen molar-refractivity contribution in [2.45, 2.75) is 17.8 Å². The van der Waals surface area contributed by atoms with Crippen LogP contribution < -0.4 is 21.7 Å². The zero-order valence-corrected chi connectivity index (χ0v) is 17.1. The maximum Gasteiger partial charge on any atom is 0.404 e. The number of benzene rings is 1. The van der Waals surface area contributed by atoms with E-state index in [1.54, 1.807) is 0 Å². The van der Waals surface area contributed by atoms with Crippen LogP contribution in [0.25, 0.3) is 0 Å². The molecule has 0 saturated heterocycles. The van der Waals surface area contributed by atoms with Crippen molar-refractivity contribution in [3.05, 3.63) is 34.3 Å². The third kappa shape index (κ3) is 9.58. The Labute approximate surface area is 173 Å². The molecule has 1 aromatic carbocycles. The van der Waals surface area contributed by atoms with Crippen molar-refractivity contribution in [2.75, 3.05) is 18.8 Å². The molecule has 0 unspecified atom stereocenters. The monoisotopic (exact) mass is 476 g/mol. The Morgan fingerprint density at radius 1 is 1.07 bits per heavy atom. The van der Waals surface area contributed by atoms with Gasteiger partial charge in [-0.15, -0.1) is 0 Å². The summed E-state index contributed by atoms with van der Waals surface area (Å²) in [6.45, 7) is -0.911. The fourth-order valence-corrected chi connectivity index (χ4v) is 3.19. The molecule has 0 aliphatic heterocycles. The van der Waals surface area contributed by atoms with Gasteiger partial charge in [0.1, 0.15) is 18.6 Å². The Morgan fingerprint density at radius 2 is 1.71 bits per heavy atom. The lowest BCUT2D eigenvalue weighted by atomic mass is 10.2. The van der Waals surface area contributed by atoms with Gasteiger partial charge in [-0.2, -0.15) is 11.8 Å². The van der Waals surface area contributed by atoms with Crippen LogP contribution in [0.2, 0.25) is 0 Å². The lowest BCUT2D eigenvalue weighted by Gasteiger charge is -2.20. The van der Waals surface area contributed by atoms with Gasteiger partial charge in [-0.25, -0.2) is 4.79 Å². The van der Waals surface area contributed by atoms with Crippen LogP contribution in [-0.4, -0.2) is 65.0 Å². The molecule has 154 valence electrons. The summed E-state index contributed by atoms with van der Waals surface area (Å²) < 4.78 is 0.934. The zero-order chi connectivity index (χ0) is 21.1. The fourth-order valence-electron chi connectivity index (χ4n) is 1.91. The Balaban J connectivity index is 2.65. The Kier molecular flexibility index (Phi) is 10.3. The van der Waals surface area contributed by atoms with E-state index >= 15 is 0 Å². The van der Waals surface area contributed by atoms with E-state index in [1.165, 1.54) is 11.8 Å². The molecule has 0 aliphatic rings. The van der Waals surface area contributed by atoms with E-state index in [0.29, 0.717) is 5.75 Å². The molecular weight excluding hydrogens is 456 g/mol. The van der Waals surface area contributed by atoms with Crippen molar-refractivity contribution in [1.29, 1.82) is 0 Å². The van der Waals surface area contributed by atoms with E-state index in [0.717, 1.165) is 10.0 Å². The van der Waals surface area contributed by atoms with E-state index in [9.17, 15) is 19.2 Å². The highest BCUT2D eigenvalue weighted by Crippen LogP contribution is 2.16. The molecular formula is C16H21BrN4O6S. The Bertz CT molecular complexity index is 703. The summed E-state index contributed by atoms with van der Waals surface area (Å²) in [6, 6.07) is 5.35. The van der Waals surface area contributed by atoms with Gasteiger partial charge in [-0.1, -0.05) is 28.1 Å². The number of thioether (sulfide) groups is 1. The Morgan fingerprint density at radius 3 is 2.29 bits per heavy atom. The number of hydrogen-bond acceptors (Lipinski definition) is 6. The van der Waals surface area contributed by atoms with Gasteiger partial charge in [0, 0.05) is 22.5 Å². The van der Waals surface area contributed by atoms with E-state index in [2.05, 4.69) is 26.6 Å². The zero-order valence-electron chi connectivity index (χ0n) is 14.7. The number of halogens is 1. The van der Waals surface area contributed by atoms with Crippen LogP contribution in [-0.2, 0) is 20.1 Å². The number of nitrogens with two attached hydrogens (primary N) is 1. The van der Waals surface area contributed by atoms with Crippen LogP contribution in [0.3, 0.4) is 0 Å². The third-order valence-corrected chi connectivity index (χ3v) is 4.96. The predicted molar refractivity (Wildman–Crippen MR) is 107 cm³/mol. The highest BCUT2D eigenvalue weighted by molar-refractivity contribution is 9.10. The van der Waals surface area contributed by atoms with Crippen LogP contribution in [0.15, 0.2) is 28.7 Å². The molecule has 0 fully saturated rings. The van der Waals surface area contributed by atoms with E-state index in [1.807, 2.05) is 29.6 Å². The number of carbonyl (C=O) groups is 4. The molecule has 10 nitrogen and oxygen atoms in total. The lowest BCUT2D eigenvalue weighted by molar-refractivity contribution is -0.138. The SMILES string of the molecule is N[C@@H](CNC(=O)O)C(=O)N[C@@H](CSCc1ccc(Br)cc1)C(=O)NCC(=O)O. The van der Waals surface area contributed by atoms with Crippen molar-refractivity contribution in [2.24, 2.45) is 5.73 Å². The van der Waals surface area contributed by atoms with Crippen molar-refractivity contribution in [3.63, 3.8) is 0 Å². The second kappa shape index (κ2) is 12.2. The first kappa shape index (κ1) is 23.7. The summed E-state index contributed by atoms with van der Waals surface area (Å²) in [4.78, 5) is 45.4. The highest BCUT2D eigenvalue weighted by atomic mass is 79.9. The molecule has 0 saturated carbocycles. The van der Waals surface area contributed by atoms with Gasteiger partial charge in [0.25, 0.3) is 0 Å². The van der Waals surface area contributed by atoms with Gasteiger partial charge < -0.3 is 31.9 Å². The van der Waals surface area contributed by atoms with Gasteiger partial charge >= 0.3 is 12.1 Å². The van der Waals surface area contributed by atoms with E-state index < -0.39 is 42.5 Å². The number of carboxylic acid groups (broad SMARTS) is 2. The fraction of sp³-hybridized carbons (Fsp3) is 0.375. The standard InChI is InChI=1S/C16H21BrN4O6S/c17-10-3-1-9(2-4-10)7-28-8-12(15(25)19-6-13(22)23)21-14(24)11(18)5-20-16(26)27/h1-4,11-12,20H,5-8,18H2,(H,19,25)(H,21,24)(H,22,23)(H,26,27)/t11-,12-/m0/s1. The summed E-state index contributed by atoms with van der Waals surface area (Å²) in [6.07, 6.45) is -1.33. The van der Waals surface area contributed by atoms with Crippen LogP contribution in [0, 0.1) is 0 Å². The summed E-state index contributed by atoms with van der Waals surface area (Å²) >= 11 is 4.70. The average molecular weight is 477 g/mol.